The summed E-state index contributed by atoms with van der Waals surface area (Å²) in [5, 5.41) is 0. The number of nitrogens with one attached hydrogen (secondary N) is 1. The lowest BCUT2D eigenvalue weighted by atomic mass is 9.88. The fourth-order valence-electron chi connectivity index (χ4n) is 4.24. The number of pyridine rings is 1. The second-order valence-electron chi connectivity index (χ2n) is 8.65. The summed E-state index contributed by atoms with van der Waals surface area (Å²) in [6, 6.07) is 7.77. The molecule has 1 amide bonds. The number of piperidine rings is 1. The Morgan fingerprint density at radius 3 is 2.64 bits per heavy atom. The van der Waals surface area contributed by atoms with Gasteiger partial charge in [0, 0.05) is 52.7 Å². The number of likely N-dealkylation sites (N-methyl/N-ethyl adjacent to an activating group) is 1. The normalized spacial score (nSPS) is 17.8. The lowest BCUT2D eigenvalue weighted by molar-refractivity contribution is -0.126. The zero-order valence-electron chi connectivity index (χ0n) is 19.3. The van der Waals surface area contributed by atoms with Gasteiger partial charge >= 0.3 is 0 Å². The van der Waals surface area contributed by atoms with Gasteiger partial charge in [0.15, 0.2) is 0 Å². The maximum Gasteiger partial charge on any atom is 0.264 e. The highest BCUT2D eigenvalue weighted by atomic mass is 32.2. The van der Waals surface area contributed by atoms with Gasteiger partial charge in [0.1, 0.15) is 16.5 Å². The van der Waals surface area contributed by atoms with Crippen LogP contribution in [0.2, 0.25) is 0 Å². The number of likely N-dealkylation sites (tertiary alicyclic amines) is 1. The van der Waals surface area contributed by atoms with Crippen molar-refractivity contribution in [3.05, 3.63) is 94.7 Å². The molecule has 1 fully saturated rings. The fraction of sp³-hybridized carbons (Fsp3) is 0.154. The highest BCUT2D eigenvalue weighted by molar-refractivity contribution is 7.92. The zero-order valence-corrected chi connectivity index (χ0v) is 21.0. The summed E-state index contributed by atoms with van der Waals surface area (Å²) in [5.41, 5.74) is 3.74. The minimum atomic E-state index is -4.28. The minimum absolute atomic E-state index is 0.0369. The lowest BCUT2D eigenvalue weighted by Gasteiger charge is -2.31. The highest BCUT2D eigenvalue weighted by Gasteiger charge is 2.31. The molecule has 0 radical (unpaired) electrons. The number of hydrogen-bond acceptors (Lipinski definition) is 5. The molecule has 6 nitrogen and oxygen atoms in total. The van der Waals surface area contributed by atoms with Crippen molar-refractivity contribution in [1.82, 2.24) is 9.88 Å². The van der Waals surface area contributed by atoms with Gasteiger partial charge in [-0.1, -0.05) is 25.2 Å². The van der Waals surface area contributed by atoms with E-state index < -0.39 is 26.6 Å². The van der Waals surface area contributed by atoms with Crippen LogP contribution < -0.4 is 4.72 Å². The Hall–Kier alpha value is -3.63. The lowest BCUT2D eigenvalue weighted by Crippen LogP contribution is -2.38. The van der Waals surface area contributed by atoms with Crippen LogP contribution in [0.15, 0.2) is 83.1 Å². The van der Waals surface area contributed by atoms with E-state index in [9.17, 15) is 22.0 Å². The number of hydrogen-bond donors (Lipinski definition) is 1. The Kier molecular flexibility index (Phi) is 6.09. The molecule has 0 spiro atoms. The van der Waals surface area contributed by atoms with Crippen molar-refractivity contribution in [2.24, 2.45) is 5.92 Å². The van der Waals surface area contributed by atoms with E-state index in [1.165, 1.54) is 17.5 Å². The molecule has 1 unspecified atom stereocenters. The van der Waals surface area contributed by atoms with Crippen molar-refractivity contribution in [3.63, 3.8) is 0 Å². The van der Waals surface area contributed by atoms with Crippen LogP contribution in [0.5, 0.6) is 0 Å². The predicted molar refractivity (Wildman–Crippen MR) is 136 cm³/mol. The van der Waals surface area contributed by atoms with Gasteiger partial charge in [0.05, 0.1) is 11.9 Å². The zero-order chi connectivity index (χ0) is 25.6. The van der Waals surface area contributed by atoms with E-state index in [2.05, 4.69) is 15.8 Å². The van der Waals surface area contributed by atoms with Gasteiger partial charge in [-0.25, -0.2) is 17.2 Å². The van der Waals surface area contributed by atoms with E-state index >= 15 is 0 Å². The van der Waals surface area contributed by atoms with Crippen molar-refractivity contribution in [2.75, 3.05) is 18.3 Å². The van der Waals surface area contributed by atoms with Crippen LogP contribution in [0.25, 0.3) is 16.0 Å². The van der Waals surface area contributed by atoms with Crippen molar-refractivity contribution in [1.29, 1.82) is 0 Å². The quantitative estimate of drug-likeness (QED) is 0.494. The summed E-state index contributed by atoms with van der Waals surface area (Å²) >= 11 is 1.51. The number of benzene rings is 1. The molecular weight excluding hydrogens is 504 g/mol. The van der Waals surface area contributed by atoms with Crippen LogP contribution in [-0.2, 0) is 14.8 Å². The molecule has 184 valence electrons. The molecule has 1 aliphatic heterocycles. The Balaban J connectivity index is 1.42. The Bertz CT molecular complexity index is 1590. The molecule has 1 atom stereocenters. The fourth-order valence-corrected chi connectivity index (χ4v) is 6.31. The van der Waals surface area contributed by atoms with Gasteiger partial charge in [-0.05, 0) is 41.5 Å². The van der Waals surface area contributed by atoms with Crippen molar-refractivity contribution in [3.8, 4) is 10.4 Å². The summed E-state index contributed by atoms with van der Waals surface area (Å²) in [6.45, 7) is 2.61. The number of carbonyl (C=O) groups is 1. The van der Waals surface area contributed by atoms with Crippen molar-refractivity contribution in [2.45, 2.75) is 11.8 Å². The molecule has 3 aromatic rings. The monoisotopic (exact) mass is 525 g/mol. The summed E-state index contributed by atoms with van der Waals surface area (Å²) in [4.78, 5) is 19.5. The molecule has 2 aliphatic rings. The molecular formula is C26H21F2N3O3S2. The second-order valence-corrected chi connectivity index (χ2v) is 11.4. The minimum Gasteiger partial charge on any atom is -0.338 e. The first-order chi connectivity index (χ1) is 17.1. The Morgan fingerprint density at radius 1 is 1.08 bits per heavy atom. The molecule has 36 heavy (non-hydrogen) atoms. The summed E-state index contributed by atoms with van der Waals surface area (Å²) in [6.07, 6.45) is 8.87. The number of anilines is 1. The van der Waals surface area contributed by atoms with Gasteiger partial charge < -0.3 is 4.90 Å². The summed E-state index contributed by atoms with van der Waals surface area (Å²) in [5.74, 6) is -1.95. The topological polar surface area (TPSA) is 79.4 Å². The van der Waals surface area contributed by atoms with Gasteiger partial charge in [-0.15, -0.1) is 11.3 Å². The predicted octanol–water partition coefficient (Wildman–Crippen LogP) is 5.25. The molecule has 1 saturated heterocycles. The van der Waals surface area contributed by atoms with Crippen LogP contribution in [0, 0.1) is 17.6 Å². The standard InChI is InChI=1S/C26H21F2N3O3S2/c1-15-18-9-16(3-5-21(15)26(32)31(2)14-18)23-6-7-24(35-23)17-10-20(13-29-12-17)30-36(33,34)25-8-4-19(27)11-22(25)28/h3-13,15,30H,14H2,1-2H3. The molecule has 5 rings (SSSR count). The number of nitrogens with zero attached hydrogens (tertiary/aromatic N) is 2. The molecule has 1 N–H and O–H groups in total. The first-order valence-electron chi connectivity index (χ1n) is 11.0. The van der Waals surface area contributed by atoms with E-state index in [0.717, 1.165) is 38.6 Å². The van der Waals surface area contributed by atoms with Crippen LogP contribution in [0.1, 0.15) is 11.8 Å². The smallest absolute Gasteiger partial charge is 0.264 e. The van der Waals surface area contributed by atoms with Gasteiger partial charge in [0.2, 0.25) is 5.91 Å². The van der Waals surface area contributed by atoms with Crippen LogP contribution in [-0.4, -0.2) is 37.8 Å². The SMILES string of the molecule is CC1C2=CC(c3ccc(-c4cncc(NS(=O)(=O)c5ccc(F)cc5F)c4)s3)=CC=C1C(=O)N(C)C2. The third-order valence-corrected chi connectivity index (χ3v) is 8.77. The summed E-state index contributed by atoms with van der Waals surface area (Å²) in [7, 11) is -2.49. The molecule has 1 aliphatic carbocycles. The van der Waals surface area contributed by atoms with Gasteiger partial charge in [-0.3, -0.25) is 14.5 Å². The average molecular weight is 526 g/mol. The molecule has 10 heteroatoms. The number of allylic oxidation sites excluding steroid dienone is 4. The molecule has 3 heterocycles. The van der Waals surface area contributed by atoms with Crippen LogP contribution in [0.4, 0.5) is 14.5 Å². The second kappa shape index (κ2) is 9.11. The average Bonchev–Trinajstić information content (AvgIpc) is 3.27. The number of amides is 1. The third kappa shape index (κ3) is 4.49. The largest absolute Gasteiger partial charge is 0.338 e. The molecule has 2 aromatic heterocycles. The number of rotatable bonds is 5. The number of aromatic nitrogens is 1. The first kappa shape index (κ1) is 24.1. The van der Waals surface area contributed by atoms with Crippen molar-refractivity contribution < 1.29 is 22.0 Å². The molecule has 2 bridgehead atoms. The number of fused-ring (bicyclic) bond motifs is 2. The highest BCUT2D eigenvalue weighted by Crippen LogP contribution is 2.38. The van der Waals surface area contributed by atoms with Gasteiger partial charge in [0.25, 0.3) is 10.0 Å². The number of sulfonamides is 1. The maximum atomic E-state index is 14.0. The van der Waals surface area contributed by atoms with Crippen LogP contribution >= 0.6 is 11.3 Å². The number of thiophene rings is 1. The van der Waals surface area contributed by atoms with Crippen LogP contribution in [0.3, 0.4) is 0 Å². The van der Waals surface area contributed by atoms with E-state index in [0.29, 0.717) is 18.2 Å². The molecule has 0 saturated carbocycles. The summed E-state index contributed by atoms with van der Waals surface area (Å²) < 4.78 is 54.8. The van der Waals surface area contributed by atoms with Gasteiger partial charge in [-0.2, -0.15) is 0 Å². The maximum absolute atomic E-state index is 14.0. The molecule has 1 aromatic carbocycles. The first-order valence-corrected chi connectivity index (χ1v) is 13.3. The van der Waals surface area contributed by atoms with E-state index in [-0.39, 0.29) is 17.5 Å². The Morgan fingerprint density at radius 2 is 1.86 bits per heavy atom. The van der Waals surface area contributed by atoms with E-state index in [1.807, 2.05) is 31.2 Å². The van der Waals surface area contributed by atoms with E-state index in [1.54, 1.807) is 24.2 Å². The number of halogens is 2. The van der Waals surface area contributed by atoms with Crippen molar-refractivity contribution >= 4 is 38.5 Å². The van der Waals surface area contributed by atoms with E-state index in [4.69, 9.17) is 0 Å². The Labute approximate surface area is 211 Å². The third-order valence-electron chi connectivity index (χ3n) is 6.17. The number of carbonyl (C=O) groups excluding carboxylic acids is 1.